The normalized spacial score (nSPS) is 22.7. The molecule has 2 rings (SSSR count). The minimum absolute atomic E-state index is 0.0523. The molecule has 2 amide bonds. The van der Waals surface area contributed by atoms with Gasteiger partial charge in [0, 0.05) is 32.1 Å². The van der Waals surface area contributed by atoms with Crippen molar-refractivity contribution in [1.82, 2.24) is 9.80 Å². The number of amides is 2. The summed E-state index contributed by atoms with van der Waals surface area (Å²) < 4.78 is 0. The molecule has 5 nitrogen and oxygen atoms in total. The Morgan fingerprint density at radius 1 is 1.14 bits per heavy atom. The zero-order valence-electron chi connectivity index (χ0n) is 14.3. The molecular formula is C17H31N3O2. The summed E-state index contributed by atoms with van der Waals surface area (Å²) in [4.78, 5) is 28.8. The fourth-order valence-corrected chi connectivity index (χ4v) is 3.58. The smallest absolute Gasteiger partial charge is 0.242 e. The third kappa shape index (κ3) is 3.62. The lowest BCUT2D eigenvalue weighted by atomic mass is 9.81. The molecule has 2 fully saturated rings. The molecule has 1 heterocycles. The van der Waals surface area contributed by atoms with Crippen LogP contribution in [0.25, 0.3) is 0 Å². The summed E-state index contributed by atoms with van der Waals surface area (Å²) in [5.74, 6) is 0.370. The molecule has 0 bridgehead atoms. The maximum absolute atomic E-state index is 12.7. The minimum Gasteiger partial charge on any atom is -0.343 e. The Morgan fingerprint density at radius 2 is 1.68 bits per heavy atom. The summed E-state index contributed by atoms with van der Waals surface area (Å²) in [5.41, 5.74) is 5.70. The van der Waals surface area contributed by atoms with Gasteiger partial charge in [0.15, 0.2) is 0 Å². The van der Waals surface area contributed by atoms with Crippen LogP contribution in [-0.4, -0.2) is 53.3 Å². The maximum atomic E-state index is 12.7. The van der Waals surface area contributed by atoms with E-state index in [0.717, 1.165) is 38.5 Å². The summed E-state index contributed by atoms with van der Waals surface area (Å²) >= 11 is 0. The van der Waals surface area contributed by atoms with Crippen molar-refractivity contribution in [2.45, 2.75) is 70.4 Å². The number of hydrogen-bond donors (Lipinski definition) is 1. The van der Waals surface area contributed by atoms with E-state index in [1.165, 1.54) is 6.42 Å². The molecule has 0 spiro atoms. The van der Waals surface area contributed by atoms with Gasteiger partial charge in [0.2, 0.25) is 11.8 Å². The predicted molar refractivity (Wildman–Crippen MR) is 87.2 cm³/mol. The van der Waals surface area contributed by atoms with Crippen molar-refractivity contribution in [1.29, 1.82) is 0 Å². The van der Waals surface area contributed by atoms with Crippen LogP contribution in [0.15, 0.2) is 0 Å². The standard InChI is InChI=1S/C17H31N3O2/c1-13(2)19(3)15(21)14-7-11-20(12-8-14)16(22)17(18)9-5-4-6-10-17/h13-14H,4-12,18H2,1-3H3. The zero-order chi connectivity index (χ0) is 16.3. The second kappa shape index (κ2) is 6.99. The highest BCUT2D eigenvalue weighted by Crippen LogP contribution is 2.29. The van der Waals surface area contributed by atoms with Gasteiger partial charge in [-0.15, -0.1) is 0 Å². The molecule has 0 atom stereocenters. The Bertz CT molecular complexity index is 408. The average molecular weight is 309 g/mol. The monoisotopic (exact) mass is 309 g/mol. The highest BCUT2D eigenvalue weighted by Gasteiger charge is 2.40. The number of piperidine rings is 1. The lowest BCUT2D eigenvalue weighted by molar-refractivity contribution is -0.144. The van der Waals surface area contributed by atoms with Gasteiger partial charge in [-0.2, -0.15) is 0 Å². The van der Waals surface area contributed by atoms with Crippen molar-refractivity contribution in [2.24, 2.45) is 11.7 Å². The molecule has 0 unspecified atom stereocenters. The van der Waals surface area contributed by atoms with Crippen molar-refractivity contribution in [3.05, 3.63) is 0 Å². The molecule has 22 heavy (non-hydrogen) atoms. The number of nitrogens with two attached hydrogens (primary N) is 1. The van der Waals surface area contributed by atoms with Crippen LogP contribution in [0, 0.1) is 5.92 Å². The van der Waals surface area contributed by atoms with E-state index in [1.54, 1.807) is 0 Å². The van der Waals surface area contributed by atoms with Crippen LogP contribution in [0.5, 0.6) is 0 Å². The summed E-state index contributed by atoms with van der Waals surface area (Å²) in [6.07, 6.45) is 6.42. The van der Waals surface area contributed by atoms with Gasteiger partial charge in [0.25, 0.3) is 0 Å². The summed E-state index contributed by atoms with van der Waals surface area (Å²) in [6.45, 7) is 5.38. The highest BCUT2D eigenvalue weighted by atomic mass is 16.2. The van der Waals surface area contributed by atoms with Gasteiger partial charge in [0.1, 0.15) is 0 Å². The Kier molecular flexibility index (Phi) is 5.48. The summed E-state index contributed by atoms with van der Waals surface area (Å²) in [5, 5.41) is 0. The Labute approximate surface area is 134 Å². The third-order valence-electron chi connectivity index (χ3n) is 5.43. The van der Waals surface area contributed by atoms with E-state index in [1.807, 2.05) is 30.7 Å². The molecule has 1 saturated heterocycles. The molecular weight excluding hydrogens is 278 g/mol. The number of hydrogen-bond acceptors (Lipinski definition) is 3. The number of carbonyl (C=O) groups is 2. The van der Waals surface area contributed by atoms with Crippen LogP contribution in [0.4, 0.5) is 0 Å². The topological polar surface area (TPSA) is 66.6 Å². The fourth-order valence-electron chi connectivity index (χ4n) is 3.58. The lowest BCUT2D eigenvalue weighted by Gasteiger charge is -2.40. The molecule has 0 aromatic heterocycles. The number of nitrogens with zero attached hydrogens (tertiary/aromatic N) is 2. The average Bonchev–Trinajstić information content (AvgIpc) is 2.53. The van der Waals surface area contributed by atoms with Crippen LogP contribution in [0.3, 0.4) is 0 Å². The van der Waals surface area contributed by atoms with Crippen molar-refractivity contribution in [2.75, 3.05) is 20.1 Å². The van der Waals surface area contributed by atoms with E-state index in [0.29, 0.717) is 13.1 Å². The SMILES string of the molecule is CC(C)N(C)C(=O)C1CCN(C(=O)C2(N)CCCCC2)CC1. The molecule has 126 valence electrons. The third-order valence-corrected chi connectivity index (χ3v) is 5.43. The molecule has 1 saturated carbocycles. The van der Waals surface area contributed by atoms with Crippen molar-refractivity contribution < 1.29 is 9.59 Å². The Morgan fingerprint density at radius 3 is 2.18 bits per heavy atom. The molecule has 1 aliphatic heterocycles. The van der Waals surface area contributed by atoms with E-state index < -0.39 is 5.54 Å². The van der Waals surface area contributed by atoms with Gasteiger partial charge >= 0.3 is 0 Å². The van der Waals surface area contributed by atoms with Gasteiger partial charge in [-0.3, -0.25) is 9.59 Å². The van der Waals surface area contributed by atoms with Crippen LogP contribution in [0.1, 0.15) is 58.8 Å². The Hall–Kier alpha value is -1.10. The zero-order valence-corrected chi connectivity index (χ0v) is 14.3. The van der Waals surface area contributed by atoms with Crippen molar-refractivity contribution in [3.63, 3.8) is 0 Å². The number of rotatable bonds is 3. The van der Waals surface area contributed by atoms with E-state index in [-0.39, 0.29) is 23.8 Å². The van der Waals surface area contributed by atoms with Crippen molar-refractivity contribution in [3.8, 4) is 0 Å². The van der Waals surface area contributed by atoms with Gasteiger partial charge in [-0.25, -0.2) is 0 Å². The summed E-state index contributed by atoms with van der Waals surface area (Å²) in [6, 6.07) is 0.224. The molecule has 1 aliphatic carbocycles. The number of carbonyl (C=O) groups excluding carboxylic acids is 2. The summed E-state index contributed by atoms with van der Waals surface area (Å²) in [7, 11) is 1.86. The molecule has 0 radical (unpaired) electrons. The van der Waals surface area contributed by atoms with Crippen LogP contribution >= 0.6 is 0 Å². The first kappa shape index (κ1) is 17.3. The molecule has 2 aliphatic rings. The van der Waals surface area contributed by atoms with Gasteiger partial charge < -0.3 is 15.5 Å². The lowest BCUT2D eigenvalue weighted by Crippen LogP contribution is -2.58. The van der Waals surface area contributed by atoms with Gasteiger partial charge in [-0.1, -0.05) is 19.3 Å². The molecule has 2 N–H and O–H groups in total. The maximum Gasteiger partial charge on any atom is 0.242 e. The van der Waals surface area contributed by atoms with E-state index in [9.17, 15) is 9.59 Å². The highest BCUT2D eigenvalue weighted by molar-refractivity contribution is 5.86. The predicted octanol–water partition coefficient (Wildman–Crippen LogP) is 1.75. The van der Waals surface area contributed by atoms with E-state index in [2.05, 4.69) is 0 Å². The first-order valence-corrected chi connectivity index (χ1v) is 8.70. The van der Waals surface area contributed by atoms with E-state index in [4.69, 9.17) is 5.73 Å². The van der Waals surface area contributed by atoms with Gasteiger partial charge in [0.05, 0.1) is 5.54 Å². The fraction of sp³-hybridized carbons (Fsp3) is 0.882. The Balaban J connectivity index is 1.89. The number of likely N-dealkylation sites (tertiary alicyclic amines) is 1. The van der Waals surface area contributed by atoms with Crippen LogP contribution in [-0.2, 0) is 9.59 Å². The first-order chi connectivity index (χ1) is 10.3. The second-order valence-electron chi connectivity index (χ2n) is 7.33. The first-order valence-electron chi connectivity index (χ1n) is 8.70. The second-order valence-corrected chi connectivity index (χ2v) is 7.33. The molecule has 5 heteroatoms. The van der Waals surface area contributed by atoms with Gasteiger partial charge in [-0.05, 0) is 39.5 Å². The minimum atomic E-state index is -0.649. The van der Waals surface area contributed by atoms with E-state index >= 15 is 0 Å². The van der Waals surface area contributed by atoms with Crippen LogP contribution in [0.2, 0.25) is 0 Å². The molecule has 0 aromatic rings. The van der Waals surface area contributed by atoms with Crippen molar-refractivity contribution >= 4 is 11.8 Å². The van der Waals surface area contributed by atoms with Crippen LogP contribution < -0.4 is 5.73 Å². The molecule has 0 aromatic carbocycles. The largest absolute Gasteiger partial charge is 0.343 e. The quantitative estimate of drug-likeness (QED) is 0.864.